The Morgan fingerprint density at radius 3 is 2.75 bits per heavy atom. The molecule has 1 aliphatic rings. The molecule has 3 heterocycles. The van der Waals surface area contributed by atoms with Gasteiger partial charge in [-0.2, -0.15) is 0 Å². The smallest absolute Gasteiger partial charge is 0.164 e. The van der Waals surface area contributed by atoms with Crippen molar-refractivity contribution in [2.75, 3.05) is 12.3 Å². The SMILES string of the molecule is NC[C@H]1O[C@@H](n2cc(Br)c3c(N)ncnc32)[C@@H](O)[C@H]1O. The summed E-state index contributed by atoms with van der Waals surface area (Å²) in [5.74, 6) is 0.323. The lowest BCUT2D eigenvalue weighted by Crippen LogP contribution is -2.35. The maximum absolute atomic E-state index is 10.1. The van der Waals surface area contributed by atoms with Crippen molar-refractivity contribution in [3.63, 3.8) is 0 Å². The molecule has 2 aromatic rings. The maximum Gasteiger partial charge on any atom is 0.164 e. The molecule has 1 fully saturated rings. The van der Waals surface area contributed by atoms with Crippen molar-refractivity contribution in [1.29, 1.82) is 0 Å². The number of rotatable bonds is 2. The molecule has 0 aromatic carbocycles. The fourth-order valence-corrected chi connectivity index (χ4v) is 3.01. The van der Waals surface area contributed by atoms with E-state index in [1.165, 1.54) is 6.33 Å². The lowest BCUT2D eigenvalue weighted by molar-refractivity contribution is -0.0319. The molecule has 1 saturated heterocycles. The number of halogens is 1. The second-order valence-electron chi connectivity index (χ2n) is 4.62. The van der Waals surface area contributed by atoms with Crippen LogP contribution in [0.4, 0.5) is 5.82 Å². The predicted molar refractivity (Wildman–Crippen MR) is 74.6 cm³/mol. The molecule has 3 rings (SSSR count). The molecule has 0 spiro atoms. The highest BCUT2D eigenvalue weighted by atomic mass is 79.9. The van der Waals surface area contributed by atoms with Gasteiger partial charge in [0.15, 0.2) is 6.23 Å². The van der Waals surface area contributed by atoms with E-state index in [4.69, 9.17) is 16.2 Å². The van der Waals surface area contributed by atoms with Gasteiger partial charge in [-0.3, -0.25) is 0 Å². The van der Waals surface area contributed by atoms with Gasteiger partial charge in [0.1, 0.15) is 36.1 Å². The van der Waals surface area contributed by atoms with Crippen molar-refractivity contribution >= 4 is 32.8 Å². The Kier molecular flexibility index (Phi) is 3.38. The average Bonchev–Trinajstić information content (AvgIpc) is 2.90. The molecule has 0 radical (unpaired) electrons. The third-order valence-electron chi connectivity index (χ3n) is 3.44. The quantitative estimate of drug-likeness (QED) is 0.569. The van der Waals surface area contributed by atoms with Crippen LogP contribution in [0.1, 0.15) is 6.23 Å². The van der Waals surface area contributed by atoms with E-state index in [9.17, 15) is 10.2 Å². The van der Waals surface area contributed by atoms with Gasteiger partial charge >= 0.3 is 0 Å². The Morgan fingerprint density at radius 2 is 2.10 bits per heavy atom. The fourth-order valence-electron chi connectivity index (χ4n) is 2.41. The number of aliphatic hydroxyl groups is 2. The Balaban J connectivity index is 2.10. The minimum absolute atomic E-state index is 0.117. The molecule has 0 unspecified atom stereocenters. The number of nitrogen functional groups attached to an aromatic ring is 1. The van der Waals surface area contributed by atoms with E-state index in [1.807, 2.05) is 0 Å². The number of hydrogen-bond acceptors (Lipinski definition) is 7. The first-order valence-electron chi connectivity index (χ1n) is 6.02. The van der Waals surface area contributed by atoms with Crippen molar-refractivity contribution in [2.24, 2.45) is 5.73 Å². The molecular formula is C11H14BrN5O3. The van der Waals surface area contributed by atoms with Gasteiger partial charge in [0.05, 0.1) is 5.39 Å². The molecule has 20 heavy (non-hydrogen) atoms. The van der Waals surface area contributed by atoms with Crippen LogP contribution < -0.4 is 11.5 Å². The Labute approximate surface area is 122 Å². The van der Waals surface area contributed by atoms with Crippen LogP contribution in [0.5, 0.6) is 0 Å². The van der Waals surface area contributed by atoms with Gasteiger partial charge in [-0.05, 0) is 15.9 Å². The largest absolute Gasteiger partial charge is 0.387 e. The normalized spacial score (nSPS) is 30.2. The Hall–Kier alpha value is -1.26. The lowest BCUT2D eigenvalue weighted by Gasteiger charge is -2.17. The van der Waals surface area contributed by atoms with E-state index in [0.717, 1.165) is 0 Å². The average molecular weight is 344 g/mol. The molecule has 0 aliphatic carbocycles. The molecule has 0 bridgehead atoms. The van der Waals surface area contributed by atoms with E-state index in [2.05, 4.69) is 25.9 Å². The molecule has 108 valence electrons. The summed E-state index contributed by atoms with van der Waals surface area (Å²) >= 11 is 3.38. The number of anilines is 1. The zero-order valence-electron chi connectivity index (χ0n) is 10.3. The second-order valence-corrected chi connectivity index (χ2v) is 5.48. The number of fused-ring (bicyclic) bond motifs is 1. The monoisotopic (exact) mass is 343 g/mol. The molecule has 8 nitrogen and oxygen atoms in total. The number of hydrogen-bond donors (Lipinski definition) is 4. The van der Waals surface area contributed by atoms with Crippen molar-refractivity contribution in [3.05, 3.63) is 17.0 Å². The predicted octanol–water partition coefficient (Wildman–Crippen LogP) is -0.646. The van der Waals surface area contributed by atoms with E-state index >= 15 is 0 Å². The molecule has 0 amide bonds. The summed E-state index contributed by atoms with van der Waals surface area (Å²) in [5, 5.41) is 20.6. The van der Waals surface area contributed by atoms with Gasteiger partial charge in [0.2, 0.25) is 0 Å². The van der Waals surface area contributed by atoms with Crippen LogP contribution in [-0.2, 0) is 4.74 Å². The van der Waals surface area contributed by atoms with E-state index < -0.39 is 24.5 Å². The zero-order valence-corrected chi connectivity index (χ0v) is 11.9. The first kappa shape index (κ1) is 13.7. The maximum atomic E-state index is 10.1. The summed E-state index contributed by atoms with van der Waals surface area (Å²) in [7, 11) is 0. The third kappa shape index (κ3) is 1.90. The minimum Gasteiger partial charge on any atom is -0.387 e. The molecular weight excluding hydrogens is 330 g/mol. The lowest BCUT2D eigenvalue weighted by atomic mass is 10.1. The Bertz CT molecular complexity index is 648. The summed E-state index contributed by atoms with van der Waals surface area (Å²) in [6, 6.07) is 0. The number of nitrogens with zero attached hydrogens (tertiary/aromatic N) is 3. The topological polar surface area (TPSA) is 132 Å². The molecule has 6 N–H and O–H groups in total. The van der Waals surface area contributed by atoms with Gasteiger partial charge in [-0.1, -0.05) is 0 Å². The summed E-state index contributed by atoms with van der Waals surface area (Å²) in [6.07, 6.45) is -0.511. The second kappa shape index (κ2) is 4.93. The van der Waals surface area contributed by atoms with Gasteiger partial charge in [-0.25, -0.2) is 9.97 Å². The van der Waals surface area contributed by atoms with Crippen LogP contribution in [-0.4, -0.2) is 49.6 Å². The van der Waals surface area contributed by atoms with E-state index in [-0.39, 0.29) is 6.54 Å². The molecule has 1 aliphatic heterocycles. The Morgan fingerprint density at radius 1 is 1.35 bits per heavy atom. The third-order valence-corrected chi connectivity index (χ3v) is 4.04. The number of aromatic nitrogens is 3. The number of nitrogens with two attached hydrogens (primary N) is 2. The van der Waals surface area contributed by atoms with Crippen LogP contribution in [0, 0.1) is 0 Å². The zero-order chi connectivity index (χ0) is 14.4. The standard InChI is InChI=1S/C11H14BrN5O3/c12-4-2-17(10-6(4)9(14)15-3-16-10)11-8(19)7(18)5(1-13)20-11/h2-3,5,7-8,11,18-19H,1,13H2,(H2,14,15,16)/t5-,7+,8+,11-/m1/s1. The summed E-state index contributed by atoms with van der Waals surface area (Å²) in [6.45, 7) is 0.117. The van der Waals surface area contributed by atoms with Crippen molar-refractivity contribution in [1.82, 2.24) is 14.5 Å². The van der Waals surface area contributed by atoms with Crippen LogP contribution in [0.25, 0.3) is 11.0 Å². The first-order valence-corrected chi connectivity index (χ1v) is 6.82. The first-order chi connectivity index (χ1) is 9.54. The molecule has 4 atom stereocenters. The molecule has 2 aromatic heterocycles. The number of aliphatic hydroxyl groups excluding tert-OH is 2. The minimum atomic E-state index is -1.10. The van der Waals surface area contributed by atoms with Crippen molar-refractivity contribution < 1.29 is 14.9 Å². The van der Waals surface area contributed by atoms with Gasteiger partial charge in [-0.15, -0.1) is 0 Å². The van der Waals surface area contributed by atoms with Crippen molar-refractivity contribution in [2.45, 2.75) is 24.5 Å². The van der Waals surface area contributed by atoms with Crippen LogP contribution in [0.3, 0.4) is 0 Å². The van der Waals surface area contributed by atoms with E-state index in [0.29, 0.717) is 21.3 Å². The van der Waals surface area contributed by atoms with Gasteiger partial charge < -0.3 is 31.0 Å². The summed E-state index contributed by atoms with van der Waals surface area (Å²) in [4.78, 5) is 8.08. The van der Waals surface area contributed by atoms with Crippen LogP contribution in [0.15, 0.2) is 17.0 Å². The summed E-state index contributed by atoms with van der Waals surface area (Å²) in [5.41, 5.74) is 11.8. The fraction of sp³-hybridized carbons (Fsp3) is 0.455. The van der Waals surface area contributed by atoms with Crippen LogP contribution >= 0.6 is 15.9 Å². The molecule has 0 saturated carbocycles. The highest BCUT2D eigenvalue weighted by Crippen LogP contribution is 2.35. The van der Waals surface area contributed by atoms with Crippen LogP contribution in [0.2, 0.25) is 0 Å². The summed E-state index contributed by atoms with van der Waals surface area (Å²) < 4.78 is 7.90. The highest BCUT2D eigenvalue weighted by molar-refractivity contribution is 9.10. The van der Waals surface area contributed by atoms with Gasteiger partial charge in [0.25, 0.3) is 0 Å². The van der Waals surface area contributed by atoms with E-state index in [1.54, 1.807) is 10.8 Å². The van der Waals surface area contributed by atoms with Crippen molar-refractivity contribution in [3.8, 4) is 0 Å². The number of ether oxygens (including phenoxy) is 1. The van der Waals surface area contributed by atoms with Gasteiger partial charge in [0, 0.05) is 17.2 Å². The highest BCUT2D eigenvalue weighted by Gasteiger charge is 2.43. The molecule has 9 heteroatoms.